The highest BCUT2D eigenvalue weighted by Crippen LogP contribution is 2.46. The Kier molecular flexibility index (Phi) is 3.91. The first-order valence-electron chi connectivity index (χ1n) is 7.12. The van der Waals surface area contributed by atoms with Gasteiger partial charge in [0.25, 0.3) is 0 Å². The highest BCUT2D eigenvalue weighted by atomic mass is 15.2. The average molecular weight is 224 g/mol. The van der Waals surface area contributed by atoms with Gasteiger partial charge < -0.3 is 0 Å². The molecule has 0 radical (unpaired) electrons. The molecule has 3 atom stereocenters. The molecule has 0 aromatic rings. The van der Waals surface area contributed by atoms with E-state index in [1.807, 2.05) is 0 Å². The maximum absolute atomic E-state index is 5.86. The van der Waals surface area contributed by atoms with Crippen molar-refractivity contribution in [1.29, 1.82) is 0 Å². The van der Waals surface area contributed by atoms with Crippen LogP contribution in [0, 0.1) is 17.3 Å². The SMILES string of the molecule is CC1CCCC(C(NN)C2(C)CCCC2)C1. The Balaban J connectivity index is 2.03. The molecule has 0 amide bonds. The van der Waals surface area contributed by atoms with E-state index in [9.17, 15) is 0 Å². The molecule has 0 aromatic carbocycles. The Hall–Kier alpha value is -0.0800. The van der Waals surface area contributed by atoms with Crippen LogP contribution in [0.15, 0.2) is 0 Å². The van der Waals surface area contributed by atoms with Crippen molar-refractivity contribution < 1.29 is 0 Å². The van der Waals surface area contributed by atoms with Crippen LogP contribution in [0.25, 0.3) is 0 Å². The Morgan fingerprint density at radius 3 is 2.44 bits per heavy atom. The number of hydrazine groups is 1. The lowest BCUT2D eigenvalue weighted by atomic mass is 9.68. The largest absolute Gasteiger partial charge is 0.271 e. The molecule has 3 unspecified atom stereocenters. The summed E-state index contributed by atoms with van der Waals surface area (Å²) in [5.41, 5.74) is 3.64. The lowest BCUT2D eigenvalue weighted by Gasteiger charge is -2.42. The van der Waals surface area contributed by atoms with Gasteiger partial charge in [-0.15, -0.1) is 0 Å². The minimum Gasteiger partial charge on any atom is -0.271 e. The van der Waals surface area contributed by atoms with Gasteiger partial charge in [-0.25, -0.2) is 0 Å². The zero-order valence-corrected chi connectivity index (χ0v) is 11.0. The number of rotatable bonds is 3. The molecule has 2 nitrogen and oxygen atoms in total. The van der Waals surface area contributed by atoms with E-state index in [4.69, 9.17) is 5.84 Å². The first-order chi connectivity index (χ1) is 7.65. The Bertz CT molecular complexity index is 221. The summed E-state index contributed by atoms with van der Waals surface area (Å²) < 4.78 is 0. The Morgan fingerprint density at radius 1 is 1.19 bits per heavy atom. The molecule has 2 heteroatoms. The third-order valence-corrected chi connectivity index (χ3v) is 5.12. The summed E-state index contributed by atoms with van der Waals surface area (Å²) in [5, 5.41) is 0. The van der Waals surface area contributed by atoms with Crippen LogP contribution in [-0.4, -0.2) is 6.04 Å². The summed E-state index contributed by atoms with van der Waals surface area (Å²) >= 11 is 0. The molecule has 0 aromatic heterocycles. The summed E-state index contributed by atoms with van der Waals surface area (Å²) in [6, 6.07) is 0.553. The summed E-state index contributed by atoms with van der Waals surface area (Å²) in [6.45, 7) is 4.85. The topological polar surface area (TPSA) is 38.0 Å². The van der Waals surface area contributed by atoms with E-state index >= 15 is 0 Å². The van der Waals surface area contributed by atoms with E-state index in [1.165, 1.54) is 51.4 Å². The summed E-state index contributed by atoms with van der Waals surface area (Å²) in [4.78, 5) is 0. The lowest BCUT2D eigenvalue weighted by Crippen LogP contribution is -2.51. The molecule has 2 aliphatic rings. The van der Waals surface area contributed by atoms with Crippen molar-refractivity contribution in [2.45, 2.75) is 71.3 Å². The minimum absolute atomic E-state index is 0.469. The fraction of sp³-hybridized carbons (Fsp3) is 1.00. The van der Waals surface area contributed by atoms with Crippen LogP contribution < -0.4 is 11.3 Å². The molecule has 0 saturated heterocycles. The maximum Gasteiger partial charge on any atom is 0.0292 e. The first kappa shape index (κ1) is 12.4. The second kappa shape index (κ2) is 5.05. The van der Waals surface area contributed by atoms with Gasteiger partial charge in [-0.05, 0) is 42.9 Å². The molecule has 2 saturated carbocycles. The second-order valence-electron chi connectivity index (χ2n) is 6.54. The molecule has 0 bridgehead atoms. The summed E-state index contributed by atoms with van der Waals surface area (Å²) in [5.74, 6) is 7.58. The molecular weight excluding hydrogens is 196 g/mol. The number of hydrogen-bond acceptors (Lipinski definition) is 2. The molecule has 2 fully saturated rings. The van der Waals surface area contributed by atoms with Crippen LogP contribution >= 0.6 is 0 Å². The minimum atomic E-state index is 0.469. The van der Waals surface area contributed by atoms with Crippen molar-refractivity contribution in [3.8, 4) is 0 Å². The summed E-state index contributed by atoms with van der Waals surface area (Å²) in [7, 11) is 0. The van der Waals surface area contributed by atoms with E-state index in [0.29, 0.717) is 11.5 Å². The van der Waals surface area contributed by atoms with Crippen LogP contribution in [0.2, 0.25) is 0 Å². The fourth-order valence-corrected chi connectivity index (χ4v) is 4.18. The normalized spacial score (nSPS) is 36.2. The van der Waals surface area contributed by atoms with E-state index in [2.05, 4.69) is 19.3 Å². The number of nitrogens with one attached hydrogen (secondary N) is 1. The van der Waals surface area contributed by atoms with Gasteiger partial charge in [-0.1, -0.05) is 39.5 Å². The van der Waals surface area contributed by atoms with Crippen molar-refractivity contribution in [2.75, 3.05) is 0 Å². The van der Waals surface area contributed by atoms with Crippen LogP contribution in [0.1, 0.15) is 65.2 Å². The zero-order valence-electron chi connectivity index (χ0n) is 11.0. The average Bonchev–Trinajstić information content (AvgIpc) is 2.67. The highest BCUT2D eigenvalue weighted by molar-refractivity contribution is 4.95. The van der Waals surface area contributed by atoms with Crippen LogP contribution in [0.3, 0.4) is 0 Å². The van der Waals surface area contributed by atoms with Gasteiger partial charge in [-0.2, -0.15) is 0 Å². The Morgan fingerprint density at radius 2 is 1.88 bits per heavy atom. The van der Waals surface area contributed by atoms with Crippen LogP contribution in [0.5, 0.6) is 0 Å². The van der Waals surface area contributed by atoms with E-state index in [0.717, 1.165) is 11.8 Å². The van der Waals surface area contributed by atoms with Crippen molar-refractivity contribution in [2.24, 2.45) is 23.1 Å². The molecular formula is C14H28N2. The van der Waals surface area contributed by atoms with Crippen LogP contribution in [-0.2, 0) is 0 Å². The van der Waals surface area contributed by atoms with E-state index in [1.54, 1.807) is 0 Å². The maximum atomic E-state index is 5.86. The zero-order chi connectivity index (χ0) is 11.6. The second-order valence-corrected chi connectivity index (χ2v) is 6.54. The van der Waals surface area contributed by atoms with Gasteiger partial charge in [0.05, 0.1) is 0 Å². The van der Waals surface area contributed by atoms with Gasteiger partial charge in [0, 0.05) is 6.04 Å². The molecule has 16 heavy (non-hydrogen) atoms. The number of hydrogen-bond donors (Lipinski definition) is 2. The van der Waals surface area contributed by atoms with E-state index < -0.39 is 0 Å². The van der Waals surface area contributed by atoms with E-state index in [-0.39, 0.29) is 0 Å². The van der Waals surface area contributed by atoms with Gasteiger partial charge in [0.1, 0.15) is 0 Å². The summed E-state index contributed by atoms with van der Waals surface area (Å²) in [6.07, 6.45) is 11.1. The molecule has 2 aliphatic carbocycles. The van der Waals surface area contributed by atoms with Crippen molar-refractivity contribution in [3.63, 3.8) is 0 Å². The van der Waals surface area contributed by atoms with Crippen molar-refractivity contribution in [3.05, 3.63) is 0 Å². The predicted octanol–water partition coefficient (Wildman–Crippen LogP) is 3.22. The third-order valence-electron chi connectivity index (χ3n) is 5.12. The fourth-order valence-electron chi connectivity index (χ4n) is 4.18. The smallest absolute Gasteiger partial charge is 0.0292 e. The lowest BCUT2D eigenvalue weighted by molar-refractivity contribution is 0.115. The quantitative estimate of drug-likeness (QED) is 0.570. The molecule has 0 heterocycles. The molecule has 2 rings (SSSR count). The van der Waals surface area contributed by atoms with Gasteiger partial charge in [0.15, 0.2) is 0 Å². The van der Waals surface area contributed by atoms with Gasteiger partial charge in [0.2, 0.25) is 0 Å². The first-order valence-corrected chi connectivity index (χ1v) is 7.12. The Labute approximate surface area is 100 Å². The van der Waals surface area contributed by atoms with Gasteiger partial charge in [-0.3, -0.25) is 11.3 Å². The highest BCUT2D eigenvalue weighted by Gasteiger charge is 2.41. The van der Waals surface area contributed by atoms with Crippen LogP contribution in [0.4, 0.5) is 0 Å². The van der Waals surface area contributed by atoms with Crippen molar-refractivity contribution >= 4 is 0 Å². The number of nitrogens with two attached hydrogens (primary N) is 1. The molecule has 0 aliphatic heterocycles. The molecule has 3 N–H and O–H groups in total. The molecule has 0 spiro atoms. The molecule has 94 valence electrons. The predicted molar refractivity (Wildman–Crippen MR) is 68.8 cm³/mol. The van der Waals surface area contributed by atoms with Gasteiger partial charge >= 0.3 is 0 Å². The standard InChI is InChI=1S/C14H28N2/c1-11-6-5-7-12(10-11)13(16-15)14(2)8-3-4-9-14/h11-13,16H,3-10,15H2,1-2H3. The monoisotopic (exact) mass is 224 g/mol. The van der Waals surface area contributed by atoms with Crippen molar-refractivity contribution in [1.82, 2.24) is 5.43 Å². The third kappa shape index (κ3) is 2.43.